The van der Waals surface area contributed by atoms with Crippen molar-refractivity contribution < 1.29 is 28.7 Å². The molecule has 84 valence electrons. The molecule has 14 heavy (non-hydrogen) atoms. The second-order valence-corrected chi connectivity index (χ2v) is 6.45. The van der Waals surface area contributed by atoms with Crippen LogP contribution < -0.4 is 10.6 Å². The molecular weight excluding hydrogens is 234 g/mol. The van der Waals surface area contributed by atoms with Gasteiger partial charge in [0.1, 0.15) is 11.6 Å². The largest absolute Gasteiger partial charge is 0.344 e. The van der Waals surface area contributed by atoms with E-state index in [-0.39, 0.29) is 13.1 Å². The van der Waals surface area contributed by atoms with Crippen LogP contribution in [0.25, 0.3) is 0 Å². The Balaban J connectivity index is 2.91. The minimum Gasteiger partial charge on any atom is -0.323 e. The van der Waals surface area contributed by atoms with E-state index in [1.165, 1.54) is 0 Å². The first-order valence-electron chi connectivity index (χ1n) is 3.80. The molecule has 0 aromatic rings. The van der Waals surface area contributed by atoms with Crippen molar-refractivity contribution in [1.82, 2.24) is 10.6 Å². The molecule has 0 aliphatic carbocycles. The molecule has 8 nitrogen and oxygen atoms in total. The van der Waals surface area contributed by atoms with Crippen molar-refractivity contribution in [2.75, 3.05) is 13.1 Å². The third kappa shape index (κ3) is 2.85. The van der Waals surface area contributed by atoms with Crippen molar-refractivity contribution in [3.63, 3.8) is 0 Å². The van der Waals surface area contributed by atoms with Gasteiger partial charge in [-0.25, -0.2) is 0 Å². The van der Waals surface area contributed by atoms with Gasteiger partial charge in [0.2, 0.25) is 0 Å². The predicted molar refractivity (Wildman–Crippen MR) is 47.7 cm³/mol. The van der Waals surface area contributed by atoms with Gasteiger partial charge >= 0.3 is 15.2 Å². The predicted octanol–water partition coefficient (Wildman–Crippen LogP) is -1.81. The van der Waals surface area contributed by atoms with Gasteiger partial charge in [-0.1, -0.05) is 0 Å². The molecule has 1 rings (SSSR count). The summed E-state index contributed by atoms with van der Waals surface area (Å²) >= 11 is 0. The Bertz CT molecular complexity index is 266. The third-order valence-electron chi connectivity index (χ3n) is 1.86. The van der Waals surface area contributed by atoms with Gasteiger partial charge in [0.05, 0.1) is 0 Å². The van der Waals surface area contributed by atoms with E-state index in [0.29, 0.717) is 0 Å². The van der Waals surface area contributed by atoms with Gasteiger partial charge < -0.3 is 30.2 Å². The van der Waals surface area contributed by atoms with Gasteiger partial charge in [0.25, 0.3) is 0 Å². The van der Waals surface area contributed by atoms with Crippen LogP contribution in [0.3, 0.4) is 0 Å². The average Bonchev–Trinajstić information content (AvgIpc) is 2.01. The van der Waals surface area contributed by atoms with E-state index in [0.717, 1.165) is 0 Å². The monoisotopic (exact) mass is 246 g/mol. The second kappa shape index (κ2) is 4.00. The first-order chi connectivity index (χ1) is 6.23. The van der Waals surface area contributed by atoms with E-state index in [9.17, 15) is 9.13 Å². The average molecular weight is 246 g/mol. The Kier molecular flexibility index (Phi) is 3.51. The van der Waals surface area contributed by atoms with Crippen LogP contribution in [0.4, 0.5) is 0 Å². The summed E-state index contributed by atoms with van der Waals surface area (Å²) in [6.07, 6.45) is 0. The lowest BCUT2D eigenvalue weighted by Crippen LogP contribution is -2.55. The van der Waals surface area contributed by atoms with Crippen molar-refractivity contribution in [2.45, 2.75) is 11.6 Å². The molecule has 0 bridgehead atoms. The first-order valence-corrected chi connectivity index (χ1v) is 7.16. The summed E-state index contributed by atoms with van der Waals surface area (Å²) in [5.41, 5.74) is 0. The fourth-order valence-corrected chi connectivity index (χ4v) is 3.99. The fraction of sp³-hybridized carbons (Fsp3) is 1.00. The van der Waals surface area contributed by atoms with Crippen LogP contribution in [-0.4, -0.2) is 44.2 Å². The molecule has 0 radical (unpaired) electrons. The Morgan fingerprint density at radius 2 is 1.14 bits per heavy atom. The van der Waals surface area contributed by atoms with Crippen molar-refractivity contribution in [2.24, 2.45) is 0 Å². The van der Waals surface area contributed by atoms with E-state index in [1.54, 1.807) is 0 Å². The van der Waals surface area contributed by atoms with Crippen LogP contribution in [0.15, 0.2) is 0 Å². The molecule has 10 heteroatoms. The molecule has 1 aliphatic rings. The molecule has 0 aromatic carbocycles. The van der Waals surface area contributed by atoms with E-state index in [4.69, 9.17) is 19.6 Å². The van der Waals surface area contributed by atoms with Gasteiger partial charge in [0.15, 0.2) is 0 Å². The molecule has 0 saturated carbocycles. The van der Waals surface area contributed by atoms with Crippen molar-refractivity contribution >= 4 is 15.2 Å². The third-order valence-corrected chi connectivity index (χ3v) is 4.50. The number of rotatable bonds is 2. The molecule has 0 aromatic heterocycles. The summed E-state index contributed by atoms with van der Waals surface area (Å²) in [7, 11) is -9.12. The molecule has 1 fully saturated rings. The van der Waals surface area contributed by atoms with Crippen LogP contribution >= 0.6 is 15.2 Å². The summed E-state index contributed by atoms with van der Waals surface area (Å²) in [6.45, 7) is 0.512. The van der Waals surface area contributed by atoms with Gasteiger partial charge in [-0.05, 0) is 0 Å². The normalized spacial score (nSPS) is 30.3. The topological polar surface area (TPSA) is 139 Å². The quantitative estimate of drug-likeness (QED) is 0.313. The molecule has 0 amide bonds. The van der Waals surface area contributed by atoms with Crippen LogP contribution in [0.2, 0.25) is 0 Å². The van der Waals surface area contributed by atoms with Crippen LogP contribution in [0.1, 0.15) is 0 Å². The molecule has 1 aliphatic heterocycles. The van der Waals surface area contributed by atoms with E-state index < -0.39 is 26.8 Å². The molecule has 1 heterocycles. The zero-order valence-electron chi connectivity index (χ0n) is 7.07. The molecular formula is C4H12N2O6P2. The highest BCUT2D eigenvalue weighted by Crippen LogP contribution is 2.52. The number of hydrogen-bond acceptors (Lipinski definition) is 4. The van der Waals surface area contributed by atoms with Crippen molar-refractivity contribution in [1.29, 1.82) is 0 Å². The van der Waals surface area contributed by atoms with E-state index >= 15 is 0 Å². The Hall–Kier alpha value is 0.220. The van der Waals surface area contributed by atoms with Gasteiger partial charge in [0, 0.05) is 13.1 Å². The van der Waals surface area contributed by atoms with Crippen molar-refractivity contribution in [3.8, 4) is 0 Å². The lowest BCUT2D eigenvalue weighted by Gasteiger charge is -2.33. The smallest absolute Gasteiger partial charge is 0.323 e. The molecule has 0 spiro atoms. The lowest BCUT2D eigenvalue weighted by atomic mass is 10.4. The molecule has 2 atom stereocenters. The SMILES string of the molecule is O=P(O)(O)[C@H]1NCCN[C@@H]1P(=O)(O)O. The minimum atomic E-state index is -4.56. The maximum atomic E-state index is 10.9. The summed E-state index contributed by atoms with van der Waals surface area (Å²) < 4.78 is 21.8. The number of piperazine rings is 1. The highest BCUT2D eigenvalue weighted by molar-refractivity contribution is 7.57. The summed E-state index contributed by atoms with van der Waals surface area (Å²) in [5, 5.41) is 4.80. The van der Waals surface area contributed by atoms with E-state index in [2.05, 4.69) is 10.6 Å². The lowest BCUT2D eigenvalue weighted by molar-refractivity contribution is 0.289. The fourth-order valence-electron chi connectivity index (χ4n) is 1.27. The number of hydrogen-bond donors (Lipinski definition) is 6. The number of nitrogens with one attached hydrogen (secondary N) is 2. The standard InChI is InChI=1S/C4H12N2O6P2/c7-13(8,9)3-4(14(10,11)12)6-2-1-5-3/h3-6H,1-2H2,(H2,7,8,9)(H2,10,11,12)/t3-,4-/m1/s1. The van der Waals surface area contributed by atoms with Crippen LogP contribution in [-0.2, 0) is 9.13 Å². The highest BCUT2D eigenvalue weighted by Gasteiger charge is 2.46. The van der Waals surface area contributed by atoms with Gasteiger partial charge in [-0.2, -0.15) is 0 Å². The van der Waals surface area contributed by atoms with Crippen LogP contribution in [0, 0.1) is 0 Å². The van der Waals surface area contributed by atoms with Crippen molar-refractivity contribution in [3.05, 3.63) is 0 Å². The zero-order chi connectivity index (χ0) is 11.0. The second-order valence-electron chi connectivity index (χ2n) is 2.98. The molecule has 6 N–H and O–H groups in total. The Morgan fingerprint density at radius 1 is 0.857 bits per heavy atom. The first kappa shape index (κ1) is 12.3. The van der Waals surface area contributed by atoms with Gasteiger partial charge in [-0.15, -0.1) is 0 Å². The van der Waals surface area contributed by atoms with E-state index in [1.807, 2.05) is 0 Å². The summed E-state index contributed by atoms with van der Waals surface area (Å²) in [4.78, 5) is 35.4. The summed E-state index contributed by atoms with van der Waals surface area (Å²) in [6, 6.07) is 0. The maximum Gasteiger partial charge on any atom is 0.344 e. The minimum absolute atomic E-state index is 0.256. The maximum absolute atomic E-state index is 10.9. The van der Waals surface area contributed by atoms with Gasteiger partial charge in [-0.3, -0.25) is 9.13 Å². The molecule has 1 saturated heterocycles. The Morgan fingerprint density at radius 3 is 1.36 bits per heavy atom. The Labute approximate surface area is 80.0 Å². The zero-order valence-corrected chi connectivity index (χ0v) is 8.86. The highest BCUT2D eigenvalue weighted by atomic mass is 31.2. The molecule has 0 unspecified atom stereocenters. The summed E-state index contributed by atoms with van der Waals surface area (Å²) in [5.74, 6) is -3.06. The van der Waals surface area contributed by atoms with Crippen LogP contribution in [0.5, 0.6) is 0 Å².